The minimum Gasteiger partial charge on any atom is -0.462 e. The normalized spacial score (nSPS) is 14.9. The highest BCUT2D eigenvalue weighted by Gasteiger charge is 2.44. The van der Waals surface area contributed by atoms with Crippen molar-refractivity contribution < 1.29 is 46.7 Å². The zero-order valence-corrected chi connectivity index (χ0v) is 35.9. The number of rotatable bonds is 33. The van der Waals surface area contributed by atoms with E-state index >= 15 is 0 Å². The first-order chi connectivity index (χ1) is 25.3. The zero-order chi connectivity index (χ0) is 39.3. The Morgan fingerprint density at radius 3 is 1.57 bits per heavy atom. The number of esters is 2. The van der Waals surface area contributed by atoms with Crippen LogP contribution in [0.25, 0.3) is 0 Å². The Balaban J connectivity index is 2.16. The summed E-state index contributed by atoms with van der Waals surface area (Å²) in [6.07, 6.45) is 23.6. The van der Waals surface area contributed by atoms with E-state index in [1.165, 1.54) is 78.1 Å². The van der Waals surface area contributed by atoms with Gasteiger partial charge in [0.25, 0.3) is 0 Å². The number of hydrogen-bond donors (Lipinski definition) is 1. The van der Waals surface area contributed by atoms with Crippen LogP contribution in [0.3, 0.4) is 0 Å². The average molecular weight is 837 g/mol. The molecule has 1 atom stereocenters. The lowest BCUT2D eigenvalue weighted by Gasteiger charge is -2.31. The summed E-state index contributed by atoms with van der Waals surface area (Å²) in [5.74, 6) is -0.778. The van der Waals surface area contributed by atoms with Gasteiger partial charge in [-0.25, -0.2) is 9.36 Å². The molecule has 1 saturated heterocycles. The van der Waals surface area contributed by atoms with Gasteiger partial charge in [0, 0.05) is 19.4 Å². The molecule has 0 aromatic carbocycles. The number of unbranched alkanes of at least 4 members (excludes halogenated alkanes) is 20. The van der Waals surface area contributed by atoms with Crippen molar-refractivity contribution >= 4 is 60.7 Å². The van der Waals surface area contributed by atoms with Gasteiger partial charge in [-0.05, 0) is 33.1 Å². The molecule has 1 rings (SSSR count). The quantitative estimate of drug-likeness (QED) is 0.0224. The Bertz CT molecular complexity index is 1020. The highest BCUT2D eigenvalue weighted by atomic mass is 35.6. The molecule has 0 spiro atoms. The van der Waals surface area contributed by atoms with Gasteiger partial charge in [-0.2, -0.15) is 0 Å². The number of amides is 1. The number of alkyl carbamates (subject to hydrolysis) is 1. The number of phosphoric acid groups is 1. The maximum Gasteiger partial charge on any atom is 0.475 e. The number of hydrogen-bond acceptors (Lipinski definition) is 10. The molecule has 1 heterocycles. The lowest BCUT2D eigenvalue weighted by Crippen LogP contribution is -2.44. The van der Waals surface area contributed by atoms with E-state index in [-0.39, 0.29) is 38.8 Å². The monoisotopic (exact) mass is 835 g/mol. The summed E-state index contributed by atoms with van der Waals surface area (Å²) in [5, 5.41) is 2.69. The summed E-state index contributed by atoms with van der Waals surface area (Å²) in [7, 11) is -3.69. The molecule has 1 aliphatic rings. The third kappa shape index (κ3) is 27.4. The van der Waals surface area contributed by atoms with Crippen molar-refractivity contribution in [3.8, 4) is 0 Å². The largest absolute Gasteiger partial charge is 0.475 e. The van der Waals surface area contributed by atoms with Gasteiger partial charge in [-0.15, -0.1) is 0 Å². The van der Waals surface area contributed by atoms with E-state index in [4.69, 9.17) is 62.6 Å². The summed E-state index contributed by atoms with van der Waals surface area (Å²) >= 11 is 17.5. The van der Waals surface area contributed by atoms with E-state index in [2.05, 4.69) is 12.2 Å². The lowest BCUT2D eigenvalue weighted by molar-refractivity contribution is -0.161. The second-order valence-corrected chi connectivity index (χ2v) is 18.4. The van der Waals surface area contributed by atoms with Crippen LogP contribution in [0.1, 0.15) is 175 Å². The van der Waals surface area contributed by atoms with Crippen molar-refractivity contribution in [1.82, 2.24) is 5.32 Å². The molecule has 0 radical (unpaired) electrons. The molecule has 0 aliphatic carbocycles. The van der Waals surface area contributed by atoms with E-state index in [1.807, 2.05) is 0 Å². The van der Waals surface area contributed by atoms with Crippen LogP contribution in [0.4, 0.5) is 4.79 Å². The standard InChI is InChI=1S/C38H69Cl3NO10P/c1-4-5-6-7-8-9-10-11-12-14-17-20-23-26-34(43)47-31-33(32-50-53(46)48-29-30-49-53)51-35(44)27-24-21-18-15-13-16-19-22-25-28-42-36(45)52-37(2,3)38(39,40)41/h33H,4-32H2,1-3H3,(H,42,45)/t33-/m1/s1. The Kier molecular flexibility index (Phi) is 28.7. The Hall–Kier alpha value is -0.810. The van der Waals surface area contributed by atoms with Crippen molar-refractivity contribution in [2.75, 3.05) is 33.0 Å². The molecule has 53 heavy (non-hydrogen) atoms. The molecule has 1 aliphatic heterocycles. The molecule has 1 amide bonds. The van der Waals surface area contributed by atoms with Crippen LogP contribution in [0, 0.1) is 0 Å². The molecule has 15 heteroatoms. The number of halogens is 3. The van der Waals surface area contributed by atoms with E-state index in [1.54, 1.807) is 0 Å². The number of carbonyl (C=O) groups is 3. The fraction of sp³-hybridized carbons (Fsp3) is 0.921. The molecule has 0 bridgehead atoms. The Morgan fingerprint density at radius 1 is 0.660 bits per heavy atom. The number of phosphoric ester groups is 1. The van der Waals surface area contributed by atoms with Crippen molar-refractivity contribution in [2.45, 2.75) is 190 Å². The minimum absolute atomic E-state index is 0.159. The van der Waals surface area contributed by atoms with E-state index in [9.17, 15) is 18.9 Å². The average Bonchev–Trinajstić information content (AvgIpc) is 3.54. The fourth-order valence-corrected chi connectivity index (χ4v) is 6.92. The highest BCUT2D eigenvalue weighted by Crippen LogP contribution is 2.52. The predicted molar refractivity (Wildman–Crippen MR) is 212 cm³/mol. The minimum atomic E-state index is -3.69. The van der Waals surface area contributed by atoms with Crippen molar-refractivity contribution in [3.63, 3.8) is 0 Å². The molecule has 1 fully saturated rings. The van der Waals surface area contributed by atoms with Gasteiger partial charge in [0.15, 0.2) is 11.7 Å². The molecule has 312 valence electrons. The van der Waals surface area contributed by atoms with Crippen LogP contribution in [-0.4, -0.2) is 66.5 Å². The summed E-state index contributed by atoms with van der Waals surface area (Å²) in [6, 6.07) is 0. The first-order valence-electron chi connectivity index (χ1n) is 20.2. The van der Waals surface area contributed by atoms with Crippen LogP contribution in [0.15, 0.2) is 0 Å². The summed E-state index contributed by atoms with van der Waals surface area (Å²) < 4.78 is 42.3. The third-order valence-electron chi connectivity index (χ3n) is 9.07. The number of nitrogens with one attached hydrogen (secondary N) is 1. The van der Waals surface area contributed by atoms with Gasteiger partial charge >= 0.3 is 25.9 Å². The Labute approximate surface area is 334 Å². The van der Waals surface area contributed by atoms with E-state index in [0.717, 1.165) is 70.6 Å². The lowest BCUT2D eigenvalue weighted by atomic mass is 10.0. The first kappa shape index (κ1) is 50.2. The van der Waals surface area contributed by atoms with Crippen molar-refractivity contribution in [2.24, 2.45) is 0 Å². The van der Waals surface area contributed by atoms with Gasteiger partial charge in [-0.3, -0.25) is 23.2 Å². The van der Waals surface area contributed by atoms with Crippen LogP contribution < -0.4 is 5.32 Å². The number of carbonyl (C=O) groups excluding carboxylic acids is 3. The molecule has 1 N–H and O–H groups in total. The fourth-order valence-electron chi connectivity index (χ4n) is 5.64. The smallest absolute Gasteiger partial charge is 0.462 e. The van der Waals surface area contributed by atoms with Crippen LogP contribution >= 0.6 is 42.6 Å². The topological polar surface area (TPSA) is 136 Å². The zero-order valence-electron chi connectivity index (χ0n) is 32.7. The van der Waals surface area contributed by atoms with Crippen LogP contribution in [0.5, 0.6) is 0 Å². The predicted octanol–water partition coefficient (Wildman–Crippen LogP) is 11.9. The van der Waals surface area contributed by atoms with Crippen LogP contribution in [0.2, 0.25) is 0 Å². The van der Waals surface area contributed by atoms with Gasteiger partial charge in [0.05, 0.1) is 19.8 Å². The van der Waals surface area contributed by atoms with Crippen molar-refractivity contribution in [1.29, 1.82) is 0 Å². The van der Waals surface area contributed by atoms with Gasteiger partial charge in [-0.1, -0.05) is 164 Å². The maximum absolute atomic E-state index is 12.6. The molecule has 11 nitrogen and oxygen atoms in total. The SMILES string of the molecule is CCCCCCCCCCCCCCCC(=O)OC[C@H](COP1(=O)OCCO1)OC(=O)CCCCCCCCCCCNC(=O)OC(C)(C)C(Cl)(Cl)Cl. The molecule has 0 aromatic heterocycles. The summed E-state index contributed by atoms with van der Waals surface area (Å²) in [5.41, 5.74) is -1.25. The summed E-state index contributed by atoms with van der Waals surface area (Å²) in [4.78, 5) is 36.9. The second-order valence-electron chi connectivity index (χ2n) is 14.5. The number of ether oxygens (including phenoxy) is 3. The molecular weight excluding hydrogens is 768 g/mol. The molecule has 0 saturated carbocycles. The molecule has 0 unspecified atom stereocenters. The van der Waals surface area contributed by atoms with E-state index in [0.29, 0.717) is 19.4 Å². The summed E-state index contributed by atoms with van der Waals surface area (Å²) in [6.45, 7) is 5.68. The number of alkyl halides is 3. The Morgan fingerprint density at radius 2 is 1.09 bits per heavy atom. The van der Waals surface area contributed by atoms with E-state index < -0.39 is 35.4 Å². The van der Waals surface area contributed by atoms with Gasteiger partial charge in [0.2, 0.25) is 3.79 Å². The highest BCUT2D eigenvalue weighted by molar-refractivity contribution is 7.48. The van der Waals surface area contributed by atoms with Crippen molar-refractivity contribution in [3.05, 3.63) is 0 Å². The second kappa shape index (κ2) is 30.3. The van der Waals surface area contributed by atoms with Gasteiger partial charge < -0.3 is 19.5 Å². The third-order valence-corrected chi connectivity index (χ3v) is 11.9. The van der Waals surface area contributed by atoms with Crippen LogP contribution in [-0.2, 0) is 41.9 Å². The van der Waals surface area contributed by atoms with Gasteiger partial charge in [0.1, 0.15) is 6.61 Å². The maximum atomic E-state index is 12.6. The molecule has 0 aromatic rings. The first-order valence-corrected chi connectivity index (χ1v) is 22.8. The molecular formula is C38H69Cl3NO10P.